The predicted molar refractivity (Wildman–Crippen MR) is 130 cm³/mol. The van der Waals surface area contributed by atoms with Crippen molar-refractivity contribution < 1.29 is 18.9 Å². The molecule has 0 spiro atoms. The van der Waals surface area contributed by atoms with Gasteiger partial charge in [-0.15, -0.1) is 0 Å². The summed E-state index contributed by atoms with van der Waals surface area (Å²) in [6.07, 6.45) is 0. The molecular formula is C26H26N2O6. The third-order valence-electron chi connectivity index (χ3n) is 6.09. The Hall–Kier alpha value is -3.62. The second kappa shape index (κ2) is 9.32. The predicted octanol–water partition coefficient (Wildman–Crippen LogP) is 2.86. The van der Waals surface area contributed by atoms with Crippen LogP contribution in [0.15, 0.2) is 58.1 Å². The number of hydrogen-bond acceptors (Lipinski definition) is 6. The van der Waals surface area contributed by atoms with Gasteiger partial charge in [-0.3, -0.25) is 9.59 Å². The van der Waals surface area contributed by atoms with E-state index in [2.05, 4.69) is 0 Å². The quantitative estimate of drug-likeness (QED) is 0.400. The molecule has 0 fully saturated rings. The highest BCUT2D eigenvalue weighted by molar-refractivity contribution is 6.04. The van der Waals surface area contributed by atoms with Gasteiger partial charge in [0.05, 0.1) is 37.5 Å². The molecule has 1 aliphatic heterocycles. The van der Waals surface area contributed by atoms with Crippen molar-refractivity contribution in [2.45, 2.75) is 0 Å². The van der Waals surface area contributed by atoms with Gasteiger partial charge in [0.25, 0.3) is 11.1 Å². The molecule has 0 aliphatic carbocycles. The van der Waals surface area contributed by atoms with Gasteiger partial charge in [-0.2, -0.15) is 0 Å². The van der Waals surface area contributed by atoms with Gasteiger partial charge in [0.2, 0.25) is 0 Å². The second-order valence-electron chi connectivity index (χ2n) is 8.19. The van der Waals surface area contributed by atoms with E-state index in [0.29, 0.717) is 62.3 Å². The number of ether oxygens (including phenoxy) is 4. The van der Waals surface area contributed by atoms with Crippen LogP contribution in [-0.2, 0) is 23.6 Å². The van der Waals surface area contributed by atoms with Crippen LogP contribution in [0.5, 0.6) is 11.5 Å². The number of pyridine rings is 2. The molecule has 34 heavy (non-hydrogen) atoms. The van der Waals surface area contributed by atoms with Crippen LogP contribution >= 0.6 is 0 Å². The minimum atomic E-state index is -0.162. The van der Waals surface area contributed by atoms with Crippen molar-refractivity contribution in [3.63, 3.8) is 0 Å². The molecule has 0 atom stereocenters. The van der Waals surface area contributed by atoms with Crippen molar-refractivity contribution in [1.82, 2.24) is 9.13 Å². The molecule has 0 amide bonds. The summed E-state index contributed by atoms with van der Waals surface area (Å²) in [6.45, 7) is 2.57. The lowest BCUT2D eigenvalue weighted by Gasteiger charge is -2.16. The van der Waals surface area contributed by atoms with Gasteiger partial charge in [0.1, 0.15) is 24.7 Å². The molecule has 176 valence electrons. The maximum Gasteiger partial charge on any atom is 0.251 e. The third kappa shape index (κ3) is 4.18. The number of rotatable bonds is 0. The van der Waals surface area contributed by atoms with Gasteiger partial charge in [0.15, 0.2) is 0 Å². The Labute approximate surface area is 195 Å². The van der Waals surface area contributed by atoms with E-state index < -0.39 is 0 Å². The molecule has 8 heteroatoms. The number of aryl methyl sites for hydroxylation is 2. The lowest BCUT2D eigenvalue weighted by atomic mass is 9.97. The van der Waals surface area contributed by atoms with Crippen LogP contribution in [-0.4, -0.2) is 48.8 Å². The van der Waals surface area contributed by atoms with E-state index in [0.717, 1.165) is 21.8 Å². The van der Waals surface area contributed by atoms with E-state index in [-0.39, 0.29) is 11.1 Å². The molecule has 0 radical (unpaired) electrons. The molecule has 2 aromatic carbocycles. The number of aromatic nitrogens is 2. The van der Waals surface area contributed by atoms with E-state index in [1.54, 1.807) is 35.4 Å². The fourth-order valence-corrected chi connectivity index (χ4v) is 4.26. The van der Waals surface area contributed by atoms with Crippen molar-refractivity contribution in [1.29, 1.82) is 0 Å². The summed E-state index contributed by atoms with van der Waals surface area (Å²) in [6, 6.07) is 14.3. The van der Waals surface area contributed by atoms with Crippen LogP contribution in [0.2, 0.25) is 0 Å². The van der Waals surface area contributed by atoms with Gasteiger partial charge in [-0.05, 0) is 47.5 Å². The molecule has 4 aromatic rings. The Kier molecular flexibility index (Phi) is 6.08. The first kappa shape index (κ1) is 22.2. The zero-order chi connectivity index (χ0) is 23.7. The highest BCUT2D eigenvalue weighted by Gasteiger charge is 2.16. The van der Waals surface area contributed by atoms with E-state index in [9.17, 15) is 9.59 Å². The van der Waals surface area contributed by atoms with Crippen molar-refractivity contribution in [2.75, 3.05) is 39.6 Å². The molecule has 1 aliphatic rings. The van der Waals surface area contributed by atoms with Crippen molar-refractivity contribution in [3.05, 3.63) is 69.2 Å². The first-order chi connectivity index (χ1) is 16.5. The normalized spacial score (nSPS) is 15.1. The zero-order valence-corrected chi connectivity index (χ0v) is 19.2. The molecule has 8 nitrogen and oxygen atoms in total. The summed E-state index contributed by atoms with van der Waals surface area (Å²) in [5, 5.41) is 1.63. The summed E-state index contributed by atoms with van der Waals surface area (Å²) in [5.74, 6) is 1.32. The minimum Gasteiger partial charge on any atom is -0.491 e. The van der Waals surface area contributed by atoms with Crippen molar-refractivity contribution >= 4 is 21.8 Å². The van der Waals surface area contributed by atoms with Gasteiger partial charge >= 0.3 is 0 Å². The van der Waals surface area contributed by atoms with Crippen LogP contribution in [0, 0.1) is 0 Å². The maximum atomic E-state index is 12.9. The van der Waals surface area contributed by atoms with E-state index in [4.69, 9.17) is 18.9 Å². The van der Waals surface area contributed by atoms with Crippen LogP contribution in [0.1, 0.15) is 0 Å². The second-order valence-corrected chi connectivity index (χ2v) is 8.19. The van der Waals surface area contributed by atoms with Gasteiger partial charge < -0.3 is 28.1 Å². The van der Waals surface area contributed by atoms with E-state index >= 15 is 0 Å². The number of fused-ring (bicyclic) bond motifs is 3. The standard InChI is InChI=1S/C26H26N2O6/c1-27-23-5-3-17-13-21(23)19(15-25(27)29)20-16-26(30)28(2)24-6-4-18(14-22(20)24)34-12-10-32-8-7-31-9-11-33-17/h3-6,13-16H,7-12H2,1-2H3. The number of benzene rings is 2. The SMILES string of the molecule is Cn1c(=O)cc2c3cc(ccc31)OCCOCCOCCOc1ccc3c(c1)c-2cc(=O)n3C. The van der Waals surface area contributed by atoms with Gasteiger partial charge in [0, 0.05) is 37.0 Å². The van der Waals surface area contributed by atoms with E-state index in [1.165, 1.54) is 0 Å². The Morgan fingerprint density at radius 2 is 1.00 bits per heavy atom. The van der Waals surface area contributed by atoms with Crippen LogP contribution < -0.4 is 20.6 Å². The molecule has 0 unspecified atom stereocenters. The fourth-order valence-electron chi connectivity index (χ4n) is 4.26. The first-order valence-electron chi connectivity index (χ1n) is 11.2. The smallest absolute Gasteiger partial charge is 0.251 e. The van der Waals surface area contributed by atoms with Gasteiger partial charge in [-0.1, -0.05) is 0 Å². The highest BCUT2D eigenvalue weighted by atomic mass is 16.6. The molecule has 3 heterocycles. The van der Waals surface area contributed by atoms with Crippen molar-refractivity contribution in [2.24, 2.45) is 14.1 Å². The first-order valence-corrected chi connectivity index (χ1v) is 11.2. The molecule has 4 bridgehead atoms. The highest BCUT2D eigenvalue weighted by Crippen LogP contribution is 2.35. The van der Waals surface area contributed by atoms with Crippen LogP contribution in [0.3, 0.4) is 0 Å². The summed E-state index contributed by atoms with van der Waals surface area (Å²) >= 11 is 0. The summed E-state index contributed by atoms with van der Waals surface area (Å²) in [5.41, 5.74) is 2.51. The third-order valence-corrected chi connectivity index (χ3v) is 6.09. The van der Waals surface area contributed by atoms with Crippen LogP contribution in [0.25, 0.3) is 32.9 Å². The molecule has 0 N–H and O–H groups in total. The average molecular weight is 463 g/mol. The molecule has 0 saturated heterocycles. The summed E-state index contributed by atoms with van der Waals surface area (Å²) < 4.78 is 26.1. The van der Waals surface area contributed by atoms with E-state index in [1.807, 2.05) is 36.4 Å². The minimum absolute atomic E-state index is 0.162. The Morgan fingerprint density at radius 1 is 0.588 bits per heavy atom. The topological polar surface area (TPSA) is 80.9 Å². The zero-order valence-electron chi connectivity index (χ0n) is 19.2. The maximum absolute atomic E-state index is 12.9. The average Bonchev–Trinajstić information content (AvgIpc) is 2.84. The molecule has 0 saturated carbocycles. The molecular weight excluding hydrogens is 436 g/mol. The largest absolute Gasteiger partial charge is 0.491 e. The number of nitrogens with zero attached hydrogens (tertiary/aromatic N) is 2. The Bertz CT molecular complexity index is 1370. The van der Waals surface area contributed by atoms with Gasteiger partial charge in [-0.25, -0.2) is 0 Å². The van der Waals surface area contributed by atoms with Crippen LogP contribution in [0.4, 0.5) is 0 Å². The lowest BCUT2D eigenvalue weighted by Crippen LogP contribution is -2.19. The lowest BCUT2D eigenvalue weighted by molar-refractivity contribution is 0.0274. The number of hydrogen-bond donors (Lipinski definition) is 0. The summed E-state index contributed by atoms with van der Waals surface area (Å²) in [4.78, 5) is 25.7. The Balaban J connectivity index is 1.77. The van der Waals surface area contributed by atoms with Crippen molar-refractivity contribution in [3.8, 4) is 22.6 Å². The molecule has 2 aromatic heterocycles. The monoisotopic (exact) mass is 462 g/mol. The Morgan fingerprint density at radius 3 is 1.44 bits per heavy atom. The molecule has 5 rings (SSSR count). The fraction of sp³-hybridized carbons (Fsp3) is 0.308. The summed E-state index contributed by atoms with van der Waals surface area (Å²) in [7, 11) is 3.47.